The lowest BCUT2D eigenvalue weighted by Crippen LogP contribution is -2.07. The number of esters is 1. The molecule has 0 aliphatic rings. The molecule has 0 fully saturated rings. The van der Waals surface area contributed by atoms with E-state index < -0.39 is 11.8 Å². The first kappa shape index (κ1) is 14.7. The van der Waals surface area contributed by atoms with E-state index in [1.54, 1.807) is 19.9 Å². The molecule has 2 aromatic rings. The summed E-state index contributed by atoms with van der Waals surface area (Å²) in [4.78, 5) is 11.9. The SMILES string of the molecule is CCOC(=O)c1c(C)nsc1Nc1cc(F)cc(Cl)c1. The summed E-state index contributed by atoms with van der Waals surface area (Å²) >= 11 is 6.90. The monoisotopic (exact) mass is 314 g/mol. The summed E-state index contributed by atoms with van der Waals surface area (Å²) in [5.41, 5.74) is 1.37. The molecule has 0 saturated carbocycles. The number of hydrogen-bond acceptors (Lipinski definition) is 5. The fourth-order valence-electron chi connectivity index (χ4n) is 1.66. The minimum Gasteiger partial charge on any atom is -0.462 e. The third-order valence-electron chi connectivity index (χ3n) is 2.46. The lowest BCUT2D eigenvalue weighted by atomic mass is 10.2. The summed E-state index contributed by atoms with van der Waals surface area (Å²) in [6.07, 6.45) is 0. The highest BCUT2D eigenvalue weighted by atomic mass is 35.5. The second kappa shape index (κ2) is 6.19. The molecule has 2 rings (SSSR count). The van der Waals surface area contributed by atoms with Gasteiger partial charge < -0.3 is 10.1 Å². The Bertz CT molecular complexity index is 625. The molecule has 7 heteroatoms. The Kier molecular flexibility index (Phi) is 4.57. The van der Waals surface area contributed by atoms with Crippen LogP contribution in [0.1, 0.15) is 23.0 Å². The molecule has 1 heterocycles. The molecule has 0 amide bonds. The van der Waals surface area contributed by atoms with Gasteiger partial charge in [-0.25, -0.2) is 9.18 Å². The van der Waals surface area contributed by atoms with Gasteiger partial charge in [0.15, 0.2) is 0 Å². The second-order valence-corrected chi connectivity index (χ2v) is 5.19. The van der Waals surface area contributed by atoms with Crippen molar-refractivity contribution < 1.29 is 13.9 Å². The molecule has 20 heavy (non-hydrogen) atoms. The summed E-state index contributed by atoms with van der Waals surface area (Å²) in [7, 11) is 0. The first-order valence-corrected chi connectivity index (χ1v) is 7.03. The van der Waals surface area contributed by atoms with Gasteiger partial charge in [0.1, 0.15) is 16.4 Å². The number of hydrogen-bond donors (Lipinski definition) is 1. The maximum Gasteiger partial charge on any atom is 0.343 e. The smallest absolute Gasteiger partial charge is 0.343 e. The Labute approximate surface area is 124 Å². The number of aryl methyl sites for hydroxylation is 1. The van der Waals surface area contributed by atoms with Crippen molar-refractivity contribution in [3.63, 3.8) is 0 Å². The summed E-state index contributed by atoms with van der Waals surface area (Å²) < 4.78 is 22.4. The van der Waals surface area contributed by atoms with Gasteiger partial charge in [0, 0.05) is 10.7 Å². The number of ether oxygens (including phenoxy) is 1. The zero-order valence-corrected chi connectivity index (χ0v) is 12.4. The average molecular weight is 315 g/mol. The van der Waals surface area contributed by atoms with Crippen molar-refractivity contribution in [3.05, 3.63) is 40.3 Å². The zero-order chi connectivity index (χ0) is 14.7. The zero-order valence-electron chi connectivity index (χ0n) is 10.9. The van der Waals surface area contributed by atoms with Gasteiger partial charge in [-0.2, -0.15) is 4.37 Å². The molecule has 0 aliphatic heterocycles. The lowest BCUT2D eigenvalue weighted by Gasteiger charge is -2.07. The second-order valence-electron chi connectivity index (χ2n) is 3.98. The van der Waals surface area contributed by atoms with Crippen molar-refractivity contribution in [2.45, 2.75) is 13.8 Å². The maximum atomic E-state index is 13.3. The maximum absolute atomic E-state index is 13.3. The van der Waals surface area contributed by atoms with Crippen LogP contribution in [0.4, 0.5) is 15.1 Å². The number of rotatable bonds is 4. The molecule has 0 bridgehead atoms. The highest BCUT2D eigenvalue weighted by molar-refractivity contribution is 7.10. The predicted molar refractivity (Wildman–Crippen MR) is 77.5 cm³/mol. The molecule has 0 saturated heterocycles. The highest BCUT2D eigenvalue weighted by Gasteiger charge is 2.19. The van der Waals surface area contributed by atoms with Crippen LogP contribution >= 0.6 is 23.1 Å². The van der Waals surface area contributed by atoms with E-state index in [1.807, 2.05) is 0 Å². The number of carbonyl (C=O) groups is 1. The molecular weight excluding hydrogens is 303 g/mol. The van der Waals surface area contributed by atoms with Gasteiger partial charge in [-0.3, -0.25) is 0 Å². The number of aromatic nitrogens is 1. The first-order chi connectivity index (χ1) is 9.51. The van der Waals surface area contributed by atoms with Gasteiger partial charge in [0.2, 0.25) is 0 Å². The molecule has 4 nitrogen and oxygen atoms in total. The van der Waals surface area contributed by atoms with E-state index in [-0.39, 0.29) is 11.6 Å². The van der Waals surface area contributed by atoms with Crippen LogP contribution in [0.5, 0.6) is 0 Å². The van der Waals surface area contributed by atoms with Crippen LogP contribution in [0.15, 0.2) is 18.2 Å². The number of benzene rings is 1. The van der Waals surface area contributed by atoms with Gasteiger partial charge in [-0.05, 0) is 43.6 Å². The number of anilines is 2. The van der Waals surface area contributed by atoms with Gasteiger partial charge in [-0.15, -0.1) is 0 Å². The Morgan fingerprint density at radius 3 is 2.90 bits per heavy atom. The molecule has 1 N–H and O–H groups in total. The van der Waals surface area contributed by atoms with Crippen molar-refractivity contribution >= 4 is 39.8 Å². The third-order valence-corrected chi connectivity index (χ3v) is 3.53. The van der Waals surface area contributed by atoms with Crippen molar-refractivity contribution in [2.24, 2.45) is 0 Å². The largest absolute Gasteiger partial charge is 0.462 e. The van der Waals surface area contributed by atoms with E-state index in [1.165, 1.54) is 12.1 Å². The summed E-state index contributed by atoms with van der Waals surface area (Å²) in [5, 5.41) is 3.72. The number of nitrogens with one attached hydrogen (secondary N) is 1. The standard InChI is InChI=1S/C13H12ClFN2O2S/c1-3-19-13(18)11-7(2)17-20-12(11)16-10-5-8(14)4-9(15)6-10/h4-6,16H,3H2,1-2H3. The molecule has 0 spiro atoms. The quantitative estimate of drug-likeness (QED) is 0.861. The van der Waals surface area contributed by atoms with E-state index in [0.29, 0.717) is 21.9 Å². The number of halogens is 2. The Morgan fingerprint density at radius 2 is 2.25 bits per heavy atom. The number of carbonyl (C=O) groups excluding carboxylic acids is 1. The average Bonchev–Trinajstić information content (AvgIpc) is 2.69. The molecule has 0 atom stereocenters. The van der Waals surface area contributed by atoms with Crippen LogP contribution in [0.3, 0.4) is 0 Å². The molecule has 0 radical (unpaired) electrons. The molecular formula is C13H12ClFN2O2S. The number of nitrogens with zero attached hydrogens (tertiary/aromatic N) is 1. The molecule has 0 aliphatic carbocycles. The van der Waals surface area contributed by atoms with Crippen LogP contribution < -0.4 is 5.32 Å². The van der Waals surface area contributed by atoms with Gasteiger partial charge in [0.05, 0.1) is 12.3 Å². The first-order valence-electron chi connectivity index (χ1n) is 5.87. The minimum absolute atomic E-state index is 0.270. The van der Waals surface area contributed by atoms with Crippen molar-refractivity contribution in [1.82, 2.24) is 4.37 Å². The van der Waals surface area contributed by atoms with Gasteiger partial charge >= 0.3 is 5.97 Å². The van der Waals surface area contributed by atoms with E-state index in [2.05, 4.69) is 9.69 Å². The van der Waals surface area contributed by atoms with E-state index in [4.69, 9.17) is 16.3 Å². The topological polar surface area (TPSA) is 51.2 Å². The van der Waals surface area contributed by atoms with Crippen LogP contribution in [-0.2, 0) is 4.74 Å². The van der Waals surface area contributed by atoms with Crippen molar-refractivity contribution in [3.8, 4) is 0 Å². The third kappa shape index (κ3) is 3.26. The summed E-state index contributed by atoms with van der Waals surface area (Å²) in [6.45, 7) is 3.72. The van der Waals surface area contributed by atoms with Gasteiger partial charge in [0.25, 0.3) is 0 Å². The summed E-state index contributed by atoms with van der Waals surface area (Å²) in [6, 6.07) is 4.06. The molecule has 1 aromatic heterocycles. The van der Waals surface area contributed by atoms with E-state index in [0.717, 1.165) is 11.5 Å². The summed E-state index contributed by atoms with van der Waals surface area (Å²) in [5.74, 6) is -0.914. The van der Waals surface area contributed by atoms with Crippen molar-refractivity contribution in [2.75, 3.05) is 11.9 Å². The fourth-order valence-corrected chi connectivity index (χ4v) is 2.68. The Morgan fingerprint density at radius 1 is 1.50 bits per heavy atom. The normalized spacial score (nSPS) is 10.4. The van der Waals surface area contributed by atoms with E-state index >= 15 is 0 Å². The van der Waals surface area contributed by atoms with Crippen molar-refractivity contribution in [1.29, 1.82) is 0 Å². The lowest BCUT2D eigenvalue weighted by molar-refractivity contribution is 0.0527. The van der Waals surface area contributed by atoms with Crippen LogP contribution in [0.2, 0.25) is 5.02 Å². The molecule has 1 aromatic carbocycles. The van der Waals surface area contributed by atoms with Crippen LogP contribution in [0.25, 0.3) is 0 Å². The van der Waals surface area contributed by atoms with Crippen LogP contribution in [-0.4, -0.2) is 16.9 Å². The molecule has 106 valence electrons. The Balaban J connectivity index is 2.32. The van der Waals surface area contributed by atoms with E-state index in [9.17, 15) is 9.18 Å². The predicted octanol–water partition coefficient (Wildman–Crippen LogP) is 4.16. The van der Waals surface area contributed by atoms with Crippen LogP contribution in [0, 0.1) is 12.7 Å². The van der Waals surface area contributed by atoms with Gasteiger partial charge in [-0.1, -0.05) is 11.6 Å². The minimum atomic E-state index is -0.459. The highest BCUT2D eigenvalue weighted by Crippen LogP contribution is 2.30. The molecule has 0 unspecified atom stereocenters. The Hall–Kier alpha value is -1.66. The fraction of sp³-hybridized carbons (Fsp3) is 0.231.